The summed E-state index contributed by atoms with van der Waals surface area (Å²) in [4.78, 5) is 26.4. The minimum atomic E-state index is -5.20. The molecule has 0 unspecified atom stereocenters. The van der Waals surface area contributed by atoms with Crippen LogP contribution in [0.1, 0.15) is 35.3 Å². The number of nitrogens with zero attached hydrogens (tertiary/aromatic N) is 5. The van der Waals surface area contributed by atoms with E-state index in [-0.39, 0.29) is 10.5 Å². The third-order valence-electron chi connectivity index (χ3n) is 3.95. The highest BCUT2D eigenvalue weighted by molar-refractivity contribution is 7.92. The Morgan fingerprint density at radius 2 is 1.94 bits per heavy atom. The van der Waals surface area contributed by atoms with Crippen molar-refractivity contribution in [3.63, 3.8) is 0 Å². The van der Waals surface area contributed by atoms with Gasteiger partial charge >= 0.3 is 6.18 Å². The average molecular weight is 521 g/mol. The number of hydrogen-bond donors (Lipinski definition) is 3. The van der Waals surface area contributed by atoms with Gasteiger partial charge in [-0.25, -0.2) is 18.4 Å². The van der Waals surface area contributed by atoms with Crippen LogP contribution in [0.15, 0.2) is 42.8 Å². The lowest BCUT2D eigenvalue weighted by Gasteiger charge is -2.19. The second kappa shape index (κ2) is 10.1. The summed E-state index contributed by atoms with van der Waals surface area (Å²) in [6.45, 7) is -9.59. The number of hydrogen-bond acceptors (Lipinski definition) is 9. The van der Waals surface area contributed by atoms with Crippen LogP contribution in [0, 0.1) is 0 Å². The first-order valence-electron chi connectivity index (χ1n) is 14.1. The van der Waals surface area contributed by atoms with Crippen molar-refractivity contribution < 1.29 is 40.1 Å². The molecule has 2 heterocycles. The zero-order chi connectivity index (χ0) is 34.3. The maximum atomic E-state index is 13.9. The molecule has 0 aliphatic heterocycles. The first kappa shape index (κ1) is 15.1. The van der Waals surface area contributed by atoms with Crippen LogP contribution in [-0.4, -0.2) is 54.5 Å². The van der Waals surface area contributed by atoms with Crippen molar-refractivity contribution in [2.24, 2.45) is 0 Å². The summed E-state index contributed by atoms with van der Waals surface area (Å²) in [6, 6.07) is 0.525. The standard InChI is InChI=1S/C20H21F3N8O3S/c1-24-18(32)12-4-6-13(7-5-12)29-19-28-10-14(20(21,22)23)16(30-19)27-11-15-17(26-9-8-25-15)31(2)35(3,33)34/h4-10H,11H2,1-3H3,(H,24,32)(H2,27,28,29,30)/i1D3,2D3,6D,7D,11D2. The second-order valence-corrected chi connectivity index (χ2v) is 8.28. The number of amides is 1. The van der Waals surface area contributed by atoms with Crippen molar-refractivity contribution >= 4 is 39.2 Å². The monoisotopic (exact) mass is 520 g/mol. The summed E-state index contributed by atoms with van der Waals surface area (Å²) >= 11 is 0. The number of carbonyl (C=O) groups excluding carboxylic acids is 1. The maximum Gasteiger partial charge on any atom is 0.421 e. The molecule has 0 bridgehead atoms. The van der Waals surface area contributed by atoms with E-state index < -0.39 is 94.7 Å². The Morgan fingerprint density at radius 3 is 2.57 bits per heavy atom. The number of alkyl halides is 3. The van der Waals surface area contributed by atoms with Gasteiger partial charge in [-0.3, -0.25) is 14.1 Å². The molecule has 11 nitrogen and oxygen atoms in total. The molecule has 0 radical (unpaired) electrons. The first-order chi connectivity index (χ1) is 20.3. The summed E-state index contributed by atoms with van der Waals surface area (Å²) in [5, 5.41) is 5.80. The topological polar surface area (TPSA) is 142 Å². The van der Waals surface area contributed by atoms with E-state index in [1.165, 1.54) is 0 Å². The van der Waals surface area contributed by atoms with E-state index in [2.05, 4.69) is 25.3 Å². The lowest BCUT2D eigenvalue weighted by molar-refractivity contribution is -0.137. The van der Waals surface area contributed by atoms with Gasteiger partial charge in [-0.15, -0.1) is 0 Å². The van der Waals surface area contributed by atoms with Gasteiger partial charge in [0, 0.05) is 52.0 Å². The van der Waals surface area contributed by atoms with E-state index in [0.717, 1.165) is 24.5 Å². The molecule has 0 aliphatic rings. The van der Waals surface area contributed by atoms with Crippen molar-refractivity contribution in [2.45, 2.75) is 12.7 Å². The van der Waals surface area contributed by atoms with E-state index in [4.69, 9.17) is 13.7 Å². The van der Waals surface area contributed by atoms with Gasteiger partial charge in [0.15, 0.2) is 5.82 Å². The zero-order valence-corrected chi connectivity index (χ0v) is 18.2. The van der Waals surface area contributed by atoms with E-state index in [9.17, 15) is 26.4 Å². The van der Waals surface area contributed by atoms with Gasteiger partial charge in [0.2, 0.25) is 16.0 Å². The van der Waals surface area contributed by atoms with Crippen molar-refractivity contribution in [2.75, 3.05) is 35.1 Å². The number of nitrogens with one attached hydrogen (secondary N) is 3. The smallest absolute Gasteiger partial charge is 0.364 e. The Hall–Kier alpha value is -4.01. The zero-order valence-electron chi connectivity index (χ0n) is 27.4. The van der Waals surface area contributed by atoms with Gasteiger partial charge in [-0.1, -0.05) is 0 Å². The predicted octanol–water partition coefficient (Wildman–Crippen LogP) is 2.40. The highest BCUT2D eigenvalue weighted by atomic mass is 32.2. The van der Waals surface area contributed by atoms with Crippen LogP contribution < -0.4 is 20.3 Å². The van der Waals surface area contributed by atoms with Gasteiger partial charge in [0.25, 0.3) is 5.91 Å². The molecule has 0 saturated carbocycles. The molecule has 0 saturated heterocycles. The summed E-state index contributed by atoms with van der Waals surface area (Å²) in [6.07, 6.45) is -2.82. The molecule has 0 aliphatic carbocycles. The SMILES string of the molecule is [2H]c1cc(C(=O)NC([2H])([2H])[2H])cc([2H])c1Nc1ncc(C(F)(F)F)c(NC([2H])([2H])c2nccnc2N(C([2H])([2H])[2H])S(C)(=O)=O)n1. The van der Waals surface area contributed by atoms with Crippen molar-refractivity contribution in [1.29, 1.82) is 0 Å². The molecule has 35 heavy (non-hydrogen) atoms. The van der Waals surface area contributed by atoms with Crippen LogP contribution >= 0.6 is 0 Å². The molecular weight excluding hydrogens is 489 g/mol. The predicted molar refractivity (Wildman–Crippen MR) is 123 cm³/mol. The molecule has 0 fully saturated rings. The summed E-state index contributed by atoms with van der Waals surface area (Å²) < 4.78 is 143. The van der Waals surface area contributed by atoms with Crippen LogP contribution in [0.3, 0.4) is 0 Å². The summed E-state index contributed by atoms with van der Waals surface area (Å²) in [5.74, 6) is -4.17. The van der Waals surface area contributed by atoms with Crippen LogP contribution in [0.5, 0.6) is 0 Å². The number of carbonyl (C=O) groups is 1. The van der Waals surface area contributed by atoms with Gasteiger partial charge in [0.05, 0.1) is 18.2 Å². The molecule has 15 heteroatoms. The molecule has 2 aromatic heterocycles. The molecular formula is C20H21F3N8O3S. The van der Waals surface area contributed by atoms with Crippen molar-refractivity contribution in [3.05, 3.63) is 59.6 Å². The van der Waals surface area contributed by atoms with Crippen molar-refractivity contribution in [1.82, 2.24) is 25.3 Å². The van der Waals surface area contributed by atoms with E-state index in [1.54, 1.807) is 5.32 Å². The second-order valence-electron chi connectivity index (χ2n) is 6.45. The molecule has 0 spiro atoms. The van der Waals surface area contributed by atoms with Gasteiger partial charge in [-0.2, -0.15) is 18.2 Å². The lowest BCUT2D eigenvalue weighted by Crippen LogP contribution is -2.27. The van der Waals surface area contributed by atoms with Crippen LogP contribution in [-0.2, 0) is 22.7 Å². The summed E-state index contributed by atoms with van der Waals surface area (Å²) in [7, 11) is -4.66. The number of anilines is 4. The Morgan fingerprint density at radius 1 is 1.23 bits per heavy atom. The maximum absolute atomic E-state index is 13.9. The molecule has 3 rings (SSSR count). The molecule has 1 amide bonds. The highest BCUT2D eigenvalue weighted by Crippen LogP contribution is 2.34. The number of aromatic nitrogens is 4. The molecule has 1 aromatic carbocycles. The molecule has 3 N–H and O–H groups in total. The first-order valence-corrected chi connectivity index (χ1v) is 10.9. The summed E-state index contributed by atoms with van der Waals surface area (Å²) in [5.41, 5.74) is -3.50. The fraction of sp³-hybridized carbons (Fsp3) is 0.250. The fourth-order valence-electron chi connectivity index (χ4n) is 2.36. The fourth-order valence-corrected chi connectivity index (χ4v) is 2.81. The quantitative estimate of drug-likeness (QED) is 0.408. The molecule has 0 atom stereocenters. The van der Waals surface area contributed by atoms with Crippen LogP contribution in [0.25, 0.3) is 0 Å². The minimum Gasteiger partial charge on any atom is -0.364 e. The Labute approximate surface area is 212 Å². The number of benzene rings is 1. The highest BCUT2D eigenvalue weighted by Gasteiger charge is 2.35. The van der Waals surface area contributed by atoms with Gasteiger partial charge in [-0.05, 0) is 24.2 Å². The van der Waals surface area contributed by atoms with Gasteiger partial charge in [0.1, 0.15) is 17.1 Å². The average Bonchev–Trinajstić information content (AvgIpc) is 2.82. The van der Waals surface area contributed by atoms with Crippen LogP contribution in [0.2, 0.25) is 0 Å². The number of halogens is 3. The Balaban J connectivity index is 2.08. The number of sulfonamides is 1. The Kier molecular flexibility index (Phi) is 4.35. The minimum absolute atomic E-state index is 0.224. The molecule has 186 valence electrons. The van der Waals surface area contributed by atoms with E-state index in [0.29, 0.717) is 6.26 Å². The largest absolute Gasteiger partial charge is 0.421 e. The van der Waals surface area contributed by atoms with E-state index >= 15 is 0 Å². The Bertz CT molecular complexity index is 1700. The lowest BCUT2D eigenvalue weighted by atomic mass is 10.2. The van der Waals surface area contributed by atoms with E-state index in [1.807, 2.05) is 5.32 Å². The third kappa shape index (κ3) is 6.32. The molecule has 3 aromatic rings. The third-order valence-corrected chi connectivity index (χ3v) is 4.79. The number of rotatable bonds is 8. The normalized spacial score (nSPS) is 16.9. The van der Waals surface area contributed by atoms with Crippen LogP contribution in [0.4, 0.5) is 36.4 Å². The van der Waals surface area contributed by atoms with Gasteiger partial charge < -0.3 is 16.0 Å². The van der Waals surface area contributed by atoms with Crippen molar-refractivity contribution in [3.8, 4) is 0 Å².